The first-order valence-corrected chi connectivity index (χ1v) is 9.25. The maximum absolute atomic E-state index is 12.1. The van der Waals surface area contributed by atoms with Crippen molar-refractivity contribution in [1.29, 1.82) is 0 Å². The summed E-state index contributed by atoms with van der Waals surface area (Å²) in [5, 5.41) is 30.0. The largest absolute Gasteiger partial charge is 1.00 e. The minimum atomic E-state index is -4.64. The number of nitrogens with zero attached hydrogens (tertiary/aromatic N) is 3. The first kappa shape index (κ1) is 22.1. The zero-order chi connectivity index (χ0) is 19.8. The zero-order valence-electron chi connectivity index (χ0n) is 15.5. The predicted octanol–water partition coefficient (Wildman–Crippen LogP) is 0.351. The Morgan fingerprint density at radius 2 is 1.68 bits per heavy atom. The number of azo groups is 1. The molecule has 28 heavy (non-hydrogen) atoms. The topological polar surface area (TPSA) is 126 Å². The van der Waals surface area contributed by atoms with E-state index in [0.29, 0.717) is 5.69 Å². The second-order valence-electron chi connectivity index (χ2n) is 6.01. The van der Waals surface area contributed by atoms with Gasteiger partial charge in [0.15, 0.2) is 0 Å². The van der Waals surface area contributed by atoms with Crippen LogP contribution in [0.2, 0.25) is 0 Å². The summed E-state index contributed by atoms with van der Waals surface area (Å²) in [5.74, 6) is -1.10. The number of hydrogen-bond acceptors (Lipinski definition) is 7. The molecule has 0 amide bonds. The molecule has 0 bridgehead atoms. The molecular formula is C18H16N3NaO5S. The van der Waals surface area contributed by atoms with Crippen LogP contribution in [0.3, 0.4) is 0 Å². The van der Waals surface area contributed by atoms with E-state index < -0.39 is 26.5 Å². The molecule has 0 radical (unpaired) electrons. The number of benzene rings is 3. The second-order valence-corrected chi connectivity index (χ2v) is 7.40. The summed E-state index contributed by atoms with van der Waals surface area (Å²) >= 11 is 0. The van der Waals surface area contributed by atoms with Crippen molar-refractivity contribution in [2.45, 2.75) is 4.90 Å². The monoisotopic (exact) mass is 409 g/mol. The molecule has 3 rings (SSSR count). The summed E-state index contributed by atoms with van der Waals surface area (Å²) in [7, 11) is -0.861. The first-order chi connectivity index (χ1) is 12.7. The minimum Gasteiger partial charge on any atom is -0.872 e. The Hall–Kier alpha value is -2.17. The number of anilines is 1. The van der Waals surface area contributed by atoms with Crippen LogP contribution >= 0.6 is 0 Å². The maximum atomic E-state index is 12.1. The molecule has 0 atom stereocenters. The maximum Gasteiger partial charge on any atom is 1.00 e. The number of fused-ring (bicyclic) bond motifs is 1. The first-order valence-electron chi connectivity index (χ1n) is 7.81. The van der Waals surface area contributed by atoms with E-state index in [2.05, 4.69) is 10.2 Å². The van der Waals surface area contributed by atoms with E-state index in [1.54, 1.807) is 12.1 Å². The van der Waals surface area contributed by atoms with Crippen LogP contribution in [0.4, 0.5) is 17.1 Å². The van der Waals surface area contributed by atoms with Crippen LogP contribution in [0.15, 0.2) is 63.7 Å². The Labute approximate surface area is 184 Å². The third-order valence-electron chi connectivity index (χ3n) is 3.96. The van der Waals surface area contributed by atoms with Crippen LogP contribution in [0.1, 0.15) is 0 Å². The number of hydrogen-bond donors (Lipinski definition) is 2. The summed E-state index contributed by atoms with van der Waals surface area (Å²) in [4.78, 5) is 1.38. The minimum absolute atomic E-state index is 0. The molecule has 8 nitrogen and oxygen atoms in total. The average Bonchev–Trinajstić information content (AvgIpc) is 2.60. The molecule has 0 aliphatic heterocycles. The fourth-order valence-electron chi connectivity index (χ4n) is 2.60. The van der Waals surface area contributed by atoms with E-state index in [4.69, 9.17) is 0 Å². The van der Waals surface area contributed by atoms with Crippen molar-refractivity contribution < 1.29 is 52.7 Å². The van der Waals surface area contributed by atoms with Crippen molar-refractivity contribution in [3.63, 3.8) is 0 Å². The van der Waals surface area contributed by atoms with E-state index in [-0.39, 0.29) is 46.0 Å². The Kier molecular flexibility index (Phi) is 6.68. The normalized spacial score (nSPS) is 11.5. The molecule has 3 aromatic rings. The Bertz CT molecular complexity index is 1150. The second kappa shape index (κ2) is 8.46. The van der Waals surface area contributed by atoms with Gasteiger partial charge in [-0.3, -0.25) is 4.55 Å². The molecule has 0 saturated carbocycles. The molecule has 140 valence electrons. The molecule has 2 N–H and O–H groups in total. The standard InChI is InChI=1S/C18H17N3O5S.Na/c1-21(2)12-8-6-11(7-9-12)19-20-14-10-16(27(24,25)26)13-4-3-5-15(22)17(13)18(14)23;/h3-10,22-23H,1-2H3,(H,24,25,26);/q;+1/p-1. The number of phenols is 1. The summed E-state index contributed by atoms with van der Waals surface area (Å²) in [6.07, 6.45) is 0. The SMILES string of the molecule is CN(C)c1ccc(N=Nc2cc(S(=O)(=O)O)c3cccc([O-])c3c2O)cc1.[Na+]. The van der Waals surface area contributed by atoms with E-state index in [1.807, 2.05) is 31.1 Å². The molecule has 0 heterocycles. The molecule has 0 spiro atoms. The van der Waals surface area contributed by atoms with Gasteiger partial charge in [-0.1, -0.05) is 23.9 Å². The van der Waals surface area contributed by atoms with Crippen molar-refractivity contribution in [2.75, 3.05) is 19.0 Å². The van der Waals surface area contributed by atoms with Gasteiger partial charge in [-0.05, 0) is 30.3 Å². The molecule has 0 unspecified atom stereocenters. The fourth-order valence-corrected chi connectivity index (χ4v) is 3.31. The van der Waals surface area contributed by atoms with Gasteiger partial charge in [-0.2, -0.15) is 13.5 Å². The third-order valence-corrected chi connectivity index (χ3v) is 4.85. The molecule has 0 aliphatic rings. The van der Waals surface area contributed by atoms with Gasteiger partial charge < -0.3 is 15.1 Å². The molecule has 10 heteroatoms. The summed E-state index contributed by atoms with van der Waals surface area (Å²) in [6, 6.07) is 11.8. The summed E-state index contributed by atoms with van der Waals surface area (Å²) in [6.45, 7) is 0. The van der Waals surface area contributed by atoms with Crippen molar-refractivity contribution in [3.05, 3.63) is 48.5 Å². The van der Waals surface area contributed by atoms with Gasteiger partial charge in [0.1, 0.15) is 16.3 Å². The quantitative estimate of drug-likeness (QED) is 0.364. The molecule has 0 saturated heterocycles. The molecule has 0 aromatic heterocycles. The van der Waals surface area contributed by atoms with Crippen molar-refractivity contribution >= 4 is 38.0 Å². The van der Waals surface area contributed by atoms with Gasteiger partial charge in [-0.15, -0.1) is 5.11 Å². The predicted molar refractivity (Wildman–Crippen MR) is 99.8 cm³/mol. The van der Waals surface area contributed by atoms with Gasteiger partial charge in [0.25, 0.3) is 10.1 Å². The smallest absolute Gasteiger partial charge is 0.872 e. The van der Waals surface area contributed by atoms with Crippen LogP contribution in [-0.4, -0.2) is 32.2 Å². The van der Waals surface area contributed by atoms with Crippen LogP contribution in [0.25, 0.3) is 10.8 Å². The third kappa shape index (κ3) is 4.45. The number of rotatable bonds is 4. The molecule has 0 aliphatic carbocycles. The van der Waals surface area contributed by atoms with Crippen LogP contribution in [0.5, 0.6) is 11.5 Å². The number of aromatic hydroxyl groups is 1. The van der Waals surface area contributed by atoms with Gasteiger partial charge in [0.2, 0.25) is 0 Å². The Balaban J connectivity index is 0.00000280. The van der Waals surface area contributed by atoms with Crippen molar-refractivity contribution in [2.24, 2.45) is 10.2 Å². The zero-order valence-corrected chi connectivity index (χ0v) is 18.3. The van der Waals surface area contributed by atoms with E-state index in [0.717, 1.165) is 11.8 Å². The Morgan fingerprint density at radius 3 is 2.25 bits per heavy atom. The fraction of sp³-hybridized carbons (Fsp3) is 0.111. The van der Waals surface area contributed by atoms with Crippen LogP contribution < -0.4 is 39.6 Å². The summed E-state index contributed by atoms with van der Waals surface area (Å²) in [5.41, 5.74) is 1.17. The van der Waals surface area contributed by atoms with Crippen LogP contribution in [0, 0.1) is 0 Å². The van der Waals surface area contributed by atoms with Gasteiger partial charge in [0, 0.05) is 30.6 Å². The number of phenolic OH excluding ortho intramolecular Hbond substituents is 1. The molecule has 3 aromatic carbocycles. The van der Waals surface area contributed by atoms with E-state index in [1.165, 1.54) is 18.2 Å². The van der Waals surface area contributed by atoms with Crippen molar-refractivity contribution in [1.82, 2.24) is 0 Å². The van der Waals surface area contributed by atoms with Gasteiger partial charge >= 0.3 is 29.6 Å². The Morgan fingerprint density at radius 1 is 1.04 bits per heavy atom. The van der Waals surface area contributed by atoms with Gasteiger partial charge in [-0.25, -0.2) is 0 Å². The molecular weight excluding hydrogens is 393 g/mol. The van der Waals surface area contributed by atoms with E-state index in [9.17, 15) is 23.2 Å². The van der Waals surface area contributed by atoms with E-state index >= 15 is 0 Å². The summed E-state index contributed by atoms with van der Waals surface area (Å²) < 4.78 is 32.9. The van der Waals surface area contributed by atoms with Gasteiger partial charge in [0.05, 0.1) is 5.69 Å². The van der Waals surface area contributed by atoms with Crippen LogP contribution in [-0.2, 0) is 10.1 Å². The van der Waals surface area contributed by atoms with Crippen molar-refractivity contribution in [3.8, 4) is 11.5 Å². The molecule has 0 fully saturated rings. The average molecular weight is 409 g/mol.